The fourth-order valence-corrected chi connectivity index (χ4v) is 2.22. The van der Waals surface area contributed by atoms with Crippen molar-refractivity contribution in [2.75, 3.05) is 30.8 Å². The lowest BCUT2D eigenvalue weighted by Crippen LogP contribution is -2.22. The Morgan fingerprint density at radius 1 is 1.04 bits per heavy atom. The Balaban J connectivity index is 1.90. The zero-order valence-corrected chi connectivity index (χ0v) is 15.3. The number of hydrogen-bond donors (Lipinski definition) is 3. The average Bonchev–Trinajstić information content (AvgIpc) is 2.65. The fourth-order valence-electron chi connectivity index (χ4n) is 2.22. The molecule has 0 spiro atoms. The van der Waals surface area contributed by atoms with Crippen molar-refractivity contribution in [1.82, 2.24) is 5.32 Å². The number of benzene rings is 2. The molecule has 0 radical (unpaired) electrons. The second-order valence-electron chi connectivity index (χ2n) is 6.26. The summed E-state index contributed by atoms with van der Waals surface area (Å²) in [7, 11) is 1.58. The summed E-state index contributed by atoms with van der Waals surface area (Å²) in [5.41, 5.74) is 1.95. The van der Waals surface area contributed by atoms with Crippen molar-refractivity contribution in [3.63, 3.8) is 0 Å². The molecule has 0 aliphatic heterocycles. The molecule has 0 unspecified atom stereocenters. The molecular formula is C20H25N3O3. The third kappa shape index (κ3) is 5.81. The van der Waals surface area contributed by atoms with E-state index >= 15 is 0 Å². The van der Waals surface area contributed by atoms with Crippen molar-refractivity contribution >= 4 is 23.2 Å². The van der Waals surface area contributed by atoms with Crippen LogP contribution in [0.25, 0.3) is 0 Å². The Morgan fingerprint density at radius 2 is 1.73 bits per heavy atom. The van der Waals surface area contributed by atoms with E-state index in [1.54, 1.807) is 31.3 Å². The Labute approximate surface area is 153 Å². The standard InChI is InChI=1S/C20H25N3O3/c1-14(2)13-26-18-7-5-4-6-17(18)22-12-19(24)23-16-10-8-15(9-11-16)20(25)21-3/h4-11,14,22H,12-13H2,1-3H3,(H,21,25)(H,23,24). The van der Waals surface area contributed by atoms with Crippen LogP contribution in [0.15, 0.2) is 48.5 Å². The second kappa shape index (κ2) is 9.46. The first-order chi connectivity index (χ1) is 12.5. The van der Waals surface area contributed by atoms with Gasteiger partial charge >= 0.3 is 0 Å². The summed E-state index contributed by atoms with van der Waals surface area (Å²) < 4.78 is 5.76. The molecular weight excluding hydrogens is 330 g/mol. The summed E-state index contributed by atoms with van der Waals surface area (Å²) in [6.07, 6.45) is 0. The largest absolute Gasteiger partial charge is 0.491 e. The third-order valence-corrected chi connectivity index (χ3v) is 3.56. The molecule has 2 rings (SSSR count). The molecule has 0 atom stereocenters. The van der Waals surface area contributed by atoms with Gasteiger partial charge in [-0.25, -0.2) is 0 Å². The van der Waals surface area contributed by atoms with Gasteiger partial charge in [0.2, 0.25) is 5.91 Å². The van der Waals surface area contributed by atoms with Gasteiger partial charge < -0.3 is 20.7 Å². The number of ether oxygens (including phenoxy) is 1. The number of para-hydroxylation sites is 2. The number of rotatable bonds is 8. The number of carbonyl (C=O) groups is 2. The zero-order chi connectivity index (χ0) is 18.9. The summed E-state index contributed by atoms with van der Waals surface area (Å²) in [5, 5.41) is 8.44. The second-order valence-corrected chi connectivity index (χ2v) is 6.26. The van der Waals surface area contributed by atoms with Crippen molar-refractivity contribution in [3.05, 3.63) is 54.1 Å². The lowest BCUT2D eigenvalue weighted by molar-refractivity contribution is -0.114. The molecule has 3 N–H and O–H groups in total. The Bertz CT molecular complexity index is 742. The van der Waals surface area contributed by atoms with E-state index in [1.807, 2.05) is 24.3 Å². The van der Waals surface area contributed by atoms with E-state index in [0.717, 1.165) is 11.4 Å². The van der Waals surface area contributed by atoms with E-state index in [-0.39, 0.29) is 18.4 Å². The number of nitrogens with one attached hydrogen (secondary N) is 3. The van der Waals surface area contributed by atoms with Crippen LogP contribution in [-0.2, 0) is 4.79 Å². The molecule has 6 nitrogen and oxygen atoms in total. The van der Waals surface area contributed by atoms with Crippen LogP contribution in [0.4, 0.5) is 11.4 Å². The average molecular weight is 355 g/mol. The molecule has 0 saturated carbocycles. The molecule has 0 aromatic heterocycles. The van der Waals surface area contributed by atoms with Crippen molar-refractivity contribution in [2.24, 2.45) is 5.92 Å². The van der Waals surface area contributed by atoms with E-state index in [4.69, 9.17) is 4.74 Å². The van der Waals surface area contributed by atoms with E-state index in [9.17, 15) is 9.59 Å². The summed E-state index contributed by atoms with van der Waals surface area (Å²) in [4.78, 5) is 23.7. The van der Waals surface area contributed by atoms with Gasteiger partial charge in [-0.15, -0.1) is 0 Å². The maximum absolute atomic E-state index is 12.1. The lowest BCUT2D eigenvalue weighted by atomic mass is 10.2. The van der Waals surface area contributed by atoms with E-state index < -0.39 is 0 Å². The Kier molecular flexibility index (Phi) is 7.02. The number of carbonyl (C=O) groups excluding carboxylic acids is 2. The van der Waals surface area contributed by atoms with Crippen LogP contribution in [0.5, 0.6) is 5.75 Å². The topological polar surface area (TPSA) is 79.5 Å². The van der Waals surface area contributed by atoms with Crippen molar-refractivity contribution in [3.8, 4) is 5.75 Å². The van der Waals surface area contributed by atoms with E-state index in [2.05, 4.69) is 29.8 Å². The van der Waals surface area contributed by atoms with E-state index in [1.165, 1.54) is 0 Å². The molecule has 0 saturated heterocycles. The van der Waals surface area contributed by atoms with Crippen molar-refractivity contribution in [1.29, 1.82) is 0 Å². The number of amides is 2. The van der Waals surface area contributed by atoms with Crippen LogP contribution in [0.3, 0.4) is 0 Å². The highest BCUT2D eigenvalue weighted by Crippen LogP contribution is 2.24. The molecule has 2 aromatic rings. The molecule has 0 heterocycles. The monoisotopic (exact) mass is 355 g/mol. The Morgan fingerprint density at radius 3 is 2.38 bits per heavy atom. The molecule has 0 bridgehead atoms. The Hall–Kier alpha value is -3.02. The van der Waals surface area contributed by atoms with Crippen LogP contribution >= 0.6 is 0 Å². The quantitative estimate of drug-likeness (QED) is 0.680. The summed E-state index contributed by atoms with van der Waals surface area (Å²) in [5.74, 6) is 0.798. The zero-order valence-electron chi connectivity index (χ0n) is 15.3. The summed E-state index contributed by atoms with van der Waals surface area (Å²) in [6, 6.07) is 14.3. The minimum Gasteiger partial charge on any atom is -0.491 e. The number of hydrogen-bond acceptors (Lipinski definition) is 4. The van der Waals surface area contributed by atoms with Gasteiger partial charge in [0.05, 0.1) is 18.8 Å². The molecule has 0 fully saturated rings. The van der Waals surface area contributed by atoms with Gasteiger partial charge in [-0.1, -0.05) is 26.0 Å². The van der Waals surface area contributed by atoms with Crippen molar-refractivity contribution in [2.45, 2.75) is 13.8 Å². The summed E-state index contributed by atoms with van der Waals surface area (Å²) >= 11 is 0. The molecule has 2 aromatic carbocycles. The predicted molar refractivity (Wildman–Crippen MR) is 104 cm³/mol. The molecule has 138 valence electrons. The van der Waals surface area contributed by atoms with E-state index in [0.29, 0.717) is 23.8 Å². The van der Waals surface area contributed by atoms with Crippen LogP contribution in [0.2, 0.25) is 0 Å². The lowest BCUT2D eigenvalue weighted by Gasteiger charge is -2.14. The smallest absolute Gasteiger partial charge is 0.251 e. The van der Waals surface area contributed by atoms with Gasteiger partial charge in [0, 0.05) is 18.3 Å². The fraction of sp³-hybridized carbons (Fsp3) is 0.300. The molecule has 6 heteroatoms. The van der Waals surface area contributed by atoms with Crippen molar-refractivity contribution < 1.29 is 14.3 Å². The van der Waals surface area contributed by atoms with Gasteiger partial charge in [0.15, 0.2) is 0 Å². The third-order valence-electron chi connectivity index (χ3n) is 3.56. The normalized spacial score (nSPS) is 10.3. The molecule has 0 aliphatic carbocycles. The van der Waals surface area contributed by atoms with Crippen LogP contribution in [0, 0.1) is 5.92 Å². The van der Waals surface area contributed by atoms with Gasteiger partial charge in [0.1, 0.15) is 5.75 Å². The van der Waals surface area contributed by atoms with Gasteiger partial charge in [-0.3, -0.25) is 9.59 Å². The first-order valence-corrected chi connectivity index (χ1v) is 8.57. The molecule has 26 heavy (non-hydrogen) atoms. The first-order valence-electron chi connectivity index (χ1n) is 8.57. The summed E-state index contributed by atoms with van der Waals surface area (Å²) in [6.45, 7) is 4.89. The highest BCUT2D eigenvalue weighted by Gasteiger charge is 2.08. The highest BCUT2D eigenvalue weighted by molar-refractivity contribution is 5.96. The highest BCUT2D eigenvalue weighted by atomic mass is 16.5. The molecule has 0 aliphatic rings. The first kappa shape index (κ1) is 19.3. The van der Waals surface area contributed by atoms with Crippen LogP contribution < -0.4 is 20.7 Å². The maximum Gasteiger partial charge on any atom is 0.251 e. The number of anilines is 2. The predicted octanol–water partition coefficient (Wildman–Crippen LogP) is 3.13. The minimum absolute atomic E-state index is 0.110. The van der Waals surface area contributed by atoms with Crippen LogP contribution in [0.1, 0.15) is 24.2 Å². The minimum atomic E-state index is -0.184. The van der Waals surface area contributed by atoms with Crippen LogP contribution in [-0.4, -0.2) is 32.0 Å². The maximum atomic E-state index is 12.1. The van der Waals surface area contributed by atoms with Gasteiger partial charge in [-0.2, -0.15) is 0 Å². The SMILES string of the molecule is CNC(=O)c1ccc(NC(=O)CNc2ccccc2OCC(C)C)cc1. The molecule has 2 amide bonds. The van der Waals surface area contributed by atoms with Gasteiger partial charge in [-0.05, 0) is 42.3 Å². The van der Waals surface area contributed by atoms with Gasteiger partial charge in [0.25, 0.3) is 5.91 Å².